The van der Waals surface area contributed by atoms with Gasteiger partial charge in [-0.25, -0.2) is 0 Å². The number of halogens is 2. The van der Waals surface area contributed by atoms with E-state index in [4.69, 9.17) is 28.3 Å². The molecule has 1 aliphatic heterocycles. The van der Waals surface area contributed by atoms with Crippen LogP contribution in [0.1, 0.15) is 30.5 Å². The largest absolute Gasteiger partial charge is 0.395 e. The van der Waals surface area contributed by atoms with E-state index in [0.717, 1.165) is 34.3 Å². The third kappa shape index (κ3) is 2.89. The lowest BCUT2D eigenvalue weighted by Gasteiger charge is -2.11. The molecule has 3 rings (SSSR count). The second kappa shape index (κ2) is 6.59. The van der Waals surface area contributed by atoms with Gasteiger partial charge in [-0.1, -0.05) is 30.1 Å². The molecule has 0 radical (unpaired) electrons. The zero-order valence-electron chi connectivity index (χ0n) is 12.8. The van der Waals surface area contributed by atoms with E-state index < -0.39 is 0 Å². The summed E-state index contributed by atoms with van der Waals surface area (Å²) < 4.78 is 0. The maximum absolute atomic E-state index is 12.1. The number of hydrogen-bond donors (Lipinski definition) is 4. The molecule has 2 aromatic rings. The summed E-state index contributed by atoms with van der Waals surface area (Å²) in [6.45, 7) is 3.11. The van der Waals surface area contributed by atoms with Crippen molar-refractivity contribution in [3.63, 3.8) is 0 Å². The second-order valence-electron chi connectivity index (χ2n) is 5.72. The van der Waals surface area contributed by atoms with Gasteiger partial charge in [0, 0.05) is 35.8 Å². The first-order valence-corrected chi connectivity index (χ1v) is 8.46. The fraction of sp³-hybridized carbons (Fsp3) is 0.438. The topological polar surface area (TPSA) is 77.2 Å². The van der Waals surface area contributed by atoms with Crippen molar-refractivity contribution in [3.05, 3.63) is 27.4 Å². The summed E-state index contributed by atoms with van der Waals surface area (Å²) >= 11 is 12.6. The van der Waals surface area contributed by atoms with Crippen LogP contribution in [0.2, 0.25) is 10.0 Å². The van der Waals surface area contributed by atoms with E-state index in [2.05, 4.69) is 22.5 Å². The molecule has 1 aliphatic rings. The average molecular weight is 356 g/mol. The van der Waals surface area contributed by atoms with Crippen molar-refractivity contribution in [2.75, 3.05) is 25.0 Å². The monoisotopic (exact) mass is 355 g/mol. The van der Waals surface area contributed by atoms with Gasteiger partial charge in [0.15, 0.2) is 0 Å². The van der Waals surface area contributed by atoms with Crippen LogP contribution in [-0.2, 0) is 11.2 Å². The molecule has 0 bridgehead atoms. The highest BCUT2D eigenvalue weighted by atomic mass is 35.5. The molecule has 0 saturated carbocycles. The Bertz CT molecular complexity index is 758. The van der Waals surface area contributed by atoms with Crippen LogP contribution in [0.3, 0.4) is 0 Å². The number of fused-ring (bicyclic) bond motifs is 3. The number of rotatable bonds is 4. The number of aliphatic hydroxyl groups excluding tert-OH is 1. The van der Waals surface area contributed by atoms with Crippen LogP contribution < -0.4 is 10.6 Å². The summed E-state index contributed by atoms with van der Waals surface area (Å²) in [6.07, 6.45) is 1.21. The number of aromatic amines is 1. The van der Waals surface area contributed by atoms with Gasteiger partial charge >= 0.3 is 0 Å². The predicted molar refractivity (Wildman–Crippen MR) is 93.6 cm³/mol. The Morgan fingerprint density at radius 1 is 1.43 bits per heavy atom. The number of nitrogens with one attached hydrogen (secondary N) is 3. The molecule has 23 heavy (non-hydrogen) atoms. The van der Waals surface area contributed by atoms with E-state index >= 15 is 0 Å². The molecule has 1 unspecified atom stereocenters. The minimum absolute atomic E-state index is 0.00211. The van der Waals surface area contributed by atoms with Crippen LogP contribution in [0, 0.1) is 0 Å². The molecule has 1 aromatic heterocycles. The maximum atomic E-state index is 12.1. The van der Waals surface area contributed by atoms with Gasteiger partial charge in [-0.2, -0.15) is 0 Å². The highest BCUT2D eigenvalue weighted by molar-refractivity contribution is 6.45. The van der Waals surface area contributed by atoms with E-state index in [9.17, 15) is 4.79 Å². The average Bonchev–Trinajstić information content (AvgIpc) is 2.82. The number of H-pyrrole nitrogens is 1. The normalized spacial score (nSPS) is 17.7. The number of aromatic nitrogens is 1. The molecule has 1 amide bonds. The highest BCUT2D eigenvalue weighted by Crippen LogP contribution is 2.41. The number of hydrogen-bond acceptors (Lipinski definition) is 3. The van der Waals surface area contributed by atoms with Crippen LogP contribution in [0.25, 0.3) is 10.9 Å². The van der Waals surface area contributed by atoms with Crippen LogP contribution >= 0.6 is 23.2 Å². The quantitative estimate of drug-likeness (QED) is 0.680. The Balaban J connectivity index is 2.27. The third-order valence-electron chi connectivity index (χ3n) is 4.32. The van der Waals surface area contributed by atoms with Gasteiger partial charge in [0.25, 0.3) is 0 Å². The number of amides is 1. The van der Waals surface area contributed by atoms with Gasteiger partial charge in [0.05, 0.1) is 28.6 Å². The zero-order chi connectivity index (χ0) is 16.6. The molecule has 0 fully saturated rings. The smallest absolute Gasteiger partial charge is 0.224 e. The molecule has 0 spiro atoms. The van der Waals surface area contributed by atoms with Crippen molar-refractivity contribution in [3.8, 4) is 0 Å². The maximum Gasteiger partial charge on any atom is 0.224 e. The Morgan fingerprint density at radius 3 is 2.91 bits per heavy atom. The van der Waals surface area contributed by atoms with Gasteiger partial charge in [0.1, 0.15) is 0 Å². The van der Waals surface area contributed by atoms with E-state index in [-0.39, 0.29) is 18.4 Å². The van der Waals surface area contributed by atoms with Crippen molar-refractivity contribution in [2.45, 2.75) is 25.7 Å². The first kappa shape index (κ1) is 16.4. The zero-order valence-corrected chi connectivity index (χ0v) is 14.3. The van der Waals surface area contributed by atoms with Crippen molar-refractivity contribution < 1.29 is 9.90 Å². The number of carbonyl (C=O) groups excluding carboxylic acids is 1. The summed E-state index contributed by atoms with van der Waals surface area (Å²) in [4.78, 5) is 15.5. The summed E-state index contributed by atoms with van der Waals surface area (Å²) in [5, 5.41) is 17.0. The summed E-state index contributed by atoms with van der Waals surface area (Å²) in [7, 11) is 0. The van der Waals surface area contributed by atoms with Crippen LogP contribution in [0.4, 0.5) is 5.69 Å². The van der Waals surface area contributed by atoms with E-state index in [0.29, 0.717) is 29.6 Å². The Morgan fingerprint density at radius 2 is 2.22 bits per heavy atom. The number of carbonyl (C=O) groups is 1. The lowest BCUT2D eigenvalue weighted by Crippen LogP contribution is -2.26. The fourth-order valence-corrected chi connectivity index (χ4v) is 3.57. The van der Waals surface area contributed by atoms with Gasteiger partial charge in [-0.05, 0) is 18.1 Å². The molecule has 1 atom stereocenters. The van der Waals surface area contributed by atoms with Crippen molar-refractivity contribution in [2.24, 2.45) is 0 Å². The molecule has 4 N–H and O–H groups in total. The molecular formula is C16H19Cl2N3O2. The van der Waals surface area contributed by atoms with Crippen LogP contribution in [0.5, 0.6) is 0 Å². The van der Waals surface area contributed by atoms with Crippen molar-refractivity contribution in [1.82, 2.24) is 10.3 Å². The number of anilines is 1. The summed E-state index contributed by atoms with van der Waals surface area (Å²) in [5.74, 6) is 0.215. The standard InChI is InChI=1S/C16H19Cl2N3O2/c1-2-8-7-20-12(23)5-9-13-11(19-3-4-22)6-10(17)14(18)16(13)21-15(8)9/h6,8,19,21-22H,2-5,7H2,1H3,(H,20,23). The molecule has 7 heteroatoms. The molecule has 5 nitrogen and oxygen atoms in total. The lowest BCUT2D eigenvalue weighted by atomic mass is 9.97. The van der Waals surface area contributed by atoms with Gasteiger partial charge < -0.3 is 20.7 Å². The molecular weight excluding hydrogens is 337 g/mol. The second-order valence-corrected chi connectivity index (χ2v) is 6.51. The summed E-state index contributed by atoms with van der Waals surface area (Å²) in [5.41, 5.74) is 3.53. The van der Waals surface area contributed by atoms with Gasteiger partial charge in [0.2, 0.25) is 5.91 Å². The fourth-order valence-electron chi connectivity index (χ4n) is 3.17. The molecule has 124 valence electrons. The van der Waals surface area contributed by atoms with Crippen LogP contribution in [0.15, 0.2) is 6.07 Å². The van der Waals surface area contributed by atoms with E-state index in [1.165, 1.54) is 0 Å². The van der Waals surface area contributed by atoms with E-state index in [1.807, 2.05) is 0 Å². The van der Waals surface area contributed by atoms with Gasteiger partial charge in [-0.3, -0.25) is 4.79 Å². The summed E-state index contributed by atoms with van der Waals surface area (Å²) in [6, 6.07) is 1.75. The molecule has 1 aromatic carbocycles. The number of aliphatic hydroxyl groups is 1. The first-order chi connectivity index (χ1) is 11.1. The molecule has 2 heterocycles. The van der Waals surface area contributed by atoms with Crippen molar-refractivity contribution >= 4 is 45.7 Å². The van der Waals surface area contributed by atoms with Crippen LogP contribution in [-0.4, -0.2) is 35.7 Å². The minimum atomic E-state index is 0.00211. The molecule has 0 saturated heterocycles. The Kier molecular flexibility index (Phi) is 4.71. The molecule has 0 aliphatic carbocycles. The third-order valence-corrected chi connectivity index (χ3v) is 5.10. The Hall–Kier alpha value is -1.43. The van der Waals surface area contributed by atoms with Crippen molar-refractivity contribution in [1.29, 1.82) is 0 Å². The SMILES string of the molecule is CCC1CNC(=O)Cc2c1[nH]c1c(Cl)c(Cl)cc(NCCO)c21. The van der Waals surface area contributed by atoms with E-state index in [1.54, 1.807) is 6.07 Å². The lowest BCUT2D eigenvalue weighted by molar-refractivity contribution is -0.120. The Labute approximate surface area is 144 Å². The van der Waals surface area contributed by atoms with Gasteiger partial charge in [-0.15, -0.1) is 0 Å². The first-order valence-electron chi connectivity index (χ1n) is 7.70. The number of benzene rings is 1. The highest BCUT2D eigenvalue weighted by Gasteiger charge is 2.27. The minimum Gasteiger partial charge on any atom is -0.395 e. The predicted octanol–water partition coefficient (Wildman–Crippen LogP) is 3.04.